The van der Waals surface area contributed by atoms with Crippen LogP contribution in [0.4, 0.5) is 11.4 Å². The van der Waals surface area contributed by atoms with Gasteiger partial charge in [0, 0.05) is 26.2 Å². The molecule has 2 bridgehead atoms. The van der Waals surface area contributed by atoms with Gasteiger partial charge in [-0.15, -0.1) is 11.8 Å². The number of anilines is 2. The minimum Gasteiger partial charge on any atom is -0.490 e. The van der Waals surface area contributed by atoms with Crippen LogP contribution in [0, 0.1) is 36.5 Å². The fourth-order valence-electron chi connectivity index (χ4n) is 8.40. The number of aromatic nitrogens is 1. The van der Waals surface area contributed by atoms with Gasteiger partial charge in [-0.25, -0.2) is 0 Å². The molecule has 48 heavy (non-hydrogen) atoms. The highest BCUT2D eigenvalue weighted by Gasteiger charge is 2.69. The number of carbonyl (C=O) groups excluding carboxylic acids is 3. The van der Waals surface area contributed by atoms with Crippen LogP contribution >= 0.6 is 39.0 Å². The summed E-state index contributed by atoms with van der Waals surface area (Å²) in [6, 6.07) is 20.6. The van der Waals surface area contributed by atoms with E-state index in [9.17, 15) is 19.2 Å². The lowest BCUT2D eigenvalue weighted by molar-refractivity contribution is -0.123. The number of aryl methyl sites for hydroxylation is 1. The standard InChI is InChI=1S/C36H32BrN3O6S2/c1-3-45-25-14-18(7-12-24(25)46-16-26(41)38-20-6-4-5-17(2)13-20)27-28-22-15-23(31(28)47-33-32(27)48-36(44)39-33)30-29(22)34(42)40(35(30)43)21-10-8-19(37)9-11-21/h4-14,22-23,27-31H,3,15-16H2,1-2H3,(H,38,41)(H,39,44)/t22?,23?,27-,28?,29?,30?,31?/m1/s1. The molecule has 3 amide bonds. The Balaban J connectivity index is 1.10. The first-order chi connectivity index (χ1) is 23.2. The normalized spacial score (nSPS) is 26.6. The summed E-state index contributed by atoms with van der Waals surface area (Å²) in [6.45, 7) is 4.05. The molecule has 1 saturated heterocycles. The van der Waals surface area contributed by atoms with Crippen molar-refractivity contribution in [1.29, 1.82) is 0 Å². The Morgan fingerprint density at radius 3 is 2.50 bits per heavy atom. The van der Waals surface area contributed by atoms with Crippen LogP contribution in [0.2, 0.25) is 0 Å². The summed E-state index contributed by atoms with van der Waals surface area (Å²) >= 11 is 6.31. The van der Waals surface area contributed by atoms with Gasteiger partial charge in [-0.05, 0) is 97.7 Å². The van der Waals surface area contributed by atoms with Gasteiger partial charge in [0.05, 0.1) is 29.2 Å². The monoisotopic (exact) mass is 745 g/mol. The second-order valence-corrected chi connectivity index (χ2v) is 15.9. The molecule has 6 unspecified atom stereocenters. The Morgan fingerprint density at radius 2 is 1.75 bits per heavy atom. The lowest BCUT2D eigenvalue weighted by atomic mass is 9.68. The molecular weight excluding hydrogens is 714 g/mol. The molecule has 0 spiro atoms. The number of nitrogens with zero attached hydrogens (tertiary/aromatic N) is 1. The van der Waals surface area contributed by atoms with Gasteiger partial charge in [-0.3, -0.25) is 24.1 Å². The molecule has 9 nitrogen and oxygen atoms in total. The molecule has 3 heterocycles. The third kappa shape index (κ3) is 5.19. The Hall–Kier alpha value is -3.87. The highest BCUT2D eigenvalue weighted by molar-refractivity contribution is 9.10. The Bertz CT molecular complexity index is 2010. The number of carbonyl (C=O) groups is 3. The number of nitrogens with one attached hydrogen (secondary N) is 2. The number of thiazole rings is 1. The van der Waals surface area contributed by atoms with E-state index in [4.69, 9.17) is 9.47 Å². The van der Waals surface area contributed by atoms with E-state index in [2.05, 4.69) is 26.2 Å². The number of H-pyrrole nitrogens is 1. The zero-order valence-electron chi connectivity index (χ0n) is 26.1. The quantitative estimate of drug-likeness (QED) is 0.195. The molecule has 4 aliphatic rings. The SMILES string of the molecule is CCOc1cc([C@H]2c3sc(=O)[nH]c3SC3C4CC(C5C(=O)N(c6ccc(Br)cc6)C(=O)C45)C32)ccc1OCC(=O)Nc1cccc(C)c1. The van der Waals surface area contributed by atoms with Gasteiger partial charge in [0.15, 0.2) is 18.1 Å². The maximum Gasteiger partial charge on any atom is 0.305 e. The first-order valence-corrected chi connectivity index (χ1v) is 18.5. The number of benzene rings is 3. The number of amides is 3. The molecule has 246 valence electrons. The van der Waals surface area contributed by atoms with Crippen molar-refractivity contribution in [3.05, 3.63) is 96.9 Å². The maximum atomic E-state index is 14.0. The van der Waals surface area contributed by atoms with Gasteiger partial charge >= 0.3 is 4.87 Å². The summed E-state index contributed by atoms with van der Waals surface area (Å²) in [4.78, 5) is 58.7. The summed E-state index contributed by atoms with van der Waals surface area (Å²) in [6.07, 6.45) is 0.800. The van der Waals surface area contributed by atoms with Gasteiger partial charge in [0.2, 0.25) is 11.8 Å². The summed E-state index contributed by atoms with van der Waals surface area (Å²) in [5.41, 5.74) is 3.29. The maximum absolute atomic E-state index is 14.0. The van der Waals surface area contributed by atoms with E-state index in [-0.39, 0.29) is 64.0 Å². The zero-order chi connectivity index (χ0) is 33.3. The van der Waals surface area contributed by atoms with Crippen LogP contribution in [-0.4, -0.2) is 41.2 Å². The topological polar surface area (TPSA) is 118 Å². The van der Waals surface area contributed by atoms with Gasteiger partial charge < -0.3 is 19.8 Å². The number of ether oxygens (including phenoxy) is 2. The van der Waals surface area contributed by atoms with Crippen molar-refractivity contribution in [1.82, 2.24) is 4.98 Å². The second kappa shape index (κ2) is 12.2. The number of thioether (sulfide) groups is 1. The average molecular weight is 747 g/mol. The van der Waals surface area contributed by atoms with Crippen molar-refractivity contribution in [2.24, 2.45) is 29.6 Å². The highest BCUT2D eigenvalue weighted by atomic mass is 79.9. The zero-order valence-corrected chi connectivity index (χ0v) is 29.3. The first-order valence-electron chi connectivity index (χ1n) is 16.0. The van der Waals surface area contributed by atoms with Crippen molar-refractivity contribution < 1.29 is 23.9 Å². The minimum atomic E-state index is -0.395. The molecule has 3 fully saturated rings. The highest BCUT2D eigenvalue weighted by Crippen LogP contribution is 2.68. The van der Waals surface area contributed by atoms with Gasteiger partial charge in [0.1, 0.15) is 0 Å². The largest absolute Gasteiger partial charge is 0.490 e. The molecular formula is C36H32BrN3O6S2. The number of fused-ring (bicyclic) bond motifs is 9. The van der Waals surface area contributed by atoms with E-state index in [1.165, 1.54) is 16.2 Å². The number of aromatic amines is 1. The first kappa shape index (κ1) is 31.4. The Labute approximate surface area is 293 Å². The summed E-state index contributed by atoms with van der Waals surface area (Å²) in [5, 5.41) is 3.77. The molecule has 2 N–H and O–H groups in total. The van der Waals surface area contributed by atoms with Crippen LogP contribution in [0.5, 0.6) is 11.5 Å². The predicted molar refractivity (Wildman–Crippen MR) is 188 cm³/mol. The molecule has 2 aliphatic heterocycles. The molecule has 3 aromatic carbocycles. The number of imide groups is 1. The fraction of sp³-hybridized carbons (Fsp3) is 0.333. The minimum absolute atomic E-state index is 0.0125. The van der Waals surface area contributed by atoms with E-state index < -0.39 is 5.92 Å². The number of halogens is 1. The van der Waals surface area contributed by atoms with Crippen LogP contribution in [-0.2, 0) is 14.4 Å². The lowest BCUT2D eigenvalue weighted by Crippen LogP contribution is -2.42. The van der Waals surface area contributed by atoms with Crippen molar-refractivity contribution in [2.75, 3.05) is 23.4 Å². The lowest BCUT2D eigenvalue weighted by Gasteiger charge is -2.43. The van der Waals surface area contributed by atoms with Crippen LogP contribution in [0.3, 0.4) is 0 Å². The third-order valence-corrected chi connectivity index (χ3v) is 13.2. The Morgan fingerprint density at radius 1 is 0.979 bits per heavy atom. The van der Waals surface area contributed by atoms with Crippen molar-refractivity contribution in [2.45, 2.75) is 36.5 Å². The van der Waals surface area contributed by atoms with E-state index in [0.29, 0.717) is 29.5 Å². The van der Waals surface area contributed by atoms with Crippen molar-refractivity contribution in [3.63, 3.8) is 0 Å². The second-order valence-electron chi connectivity index (χ2n) is 12.8. The van der Waals surface area contributed by atoms with Crippen molar-refractivity contribution in [3.8, 4) is 11.5 Å². The summed E-state index contributed by atoms with van der Waals surface area (Å²) < 4.78 is 12.9. The predicted octanol–water partition coefficient (Wildman–Crippen LogP) is 6.60. The molecule has 2 saturated carbocycles. The summed E-state index contributed by atoms with van der Waals surface area (Å²) in [5.74, 6) is -0.465. The third-order valence-electron chi connectivity index (χ3n) is 10.1. The number of hydrogen-bond acceptors (Lipinski definition) is 8. The van der Waals surface area contributed by atoms with E-state index in [1.807, 2.05) is 68.4 Å². The van der Waals surface area contributed by atoms with Crippen LogP contribution in [0.1, 0.15) is 35.3 Å². The fourth-order valence-corrected chi connectivity index (χ4v) is 11.6. The number of rotatable bonds is 8. The smallest absolute Gasteiger partial charge is 0.305 e. The van der Waals surface area contributed by atoms with Gasteiger partial charge in [-0.1, -0.05) is 45.5 Å². The average Bonchev–Trinajstić information content (AvgIpc) is 3.80. The van der Waals surface area contributed by atoms with Gasteiger partial charge in [-0.2, -0.15) is 0 Å². The van der Waals surface area contributed by atoms with Crippen LogP contribution in [0.25, 0.3) is 0 Å². The Kier molecular flexibility index (Phi) is 8.00. The summed E-state index contributed by atoms with van der Waals surface area (Å²) in [7, 11) is 0. The van der Waals surface area contributed by atoms with Crippen LogP contribution < -0.4 is 24.6 Å². The van der Waals surface area contributed by atoms with E-state index in [1.54, 1.807) is 23.9 Å². The molecule has 7 atom stereocenters. The molecule has 4 aromatic rings. The molecule has 0 radical (unpaired) electrons. The van der Waals surface area contributed by atoms with Gasteiger partial charge in [0.25, 0.3) is 5.91 Å². The number of hydrogen-bond donors (Lipinski definition) is 2. The molecule has 1 aromatic heterocycles. The van der Waals surface area contributed by atoms with Crippen LogP contribution in [0.15, 0.2) is 81.0 Å². The van der Waals surface area contributed by atoms with Crippen molar-refractivity contribution >= 4 is 68.1 Å². The molecule has 12 heteroatoms. The van der Waals surface area contributed by atoms with E-state index in [0.717, 1.165) is 31.9 Å². The molecule has 8 rings (SSSR count). The molecule has 2 aliphatic carbocycles. The van der Waals surface area contributed by atoms with E-state index >= 15 is 0 Å².